The van der Waals surface area contributed by atoms with Crippen molar-refractivity contribution in [2.75, 3.05) is 0 Å². The van der Waals surface area contributed by atoms with E-state index in [9.17, 15) is 14.4 Å². The van der Waals surface area contributed by atoms with Gasteiger partial charge >= 0.3 is 5.97 Å². The Morgan fingerprint density at radius 2 is 1.65 bits per heavy atom. The Labute approximate surface area is 131 Å². The van der Waals surface area contributed by atoms with Crippen LogP contribution in [0.1, 0.15) is 38.6 Å². The average Bonchev–Trinajstić information content (AvgIpc) is 3.36. The zero-order valence-corrected chi connectivity index (χ0v) is 12.0. The molecule has 0 N–H and O–H groups in total. The van der Waals surface area contributed by atoms with Gasteiger partial charge in [0.2, 0.25) is 0 Å². The number of fused-ring (bicyclic) bond motifs is 1. The van der Waals surface area contributed by atoms with Crippen LogP contribution in [0.2, 0.25) is 0 Å². The lowest BCUT2D eigenvalue weighted by Crippen LogP contribution is -2.33. The predicted molar refractivity (Wildman–Crippen MR) is 78.1 cm³/mol. The molecule has 1 aliphatic heterocycles. The molecule has 23 heavy (non-hydrogen) atoms. The average molecular weight is 308 g/mol. The zero-order chi connectivity index (χ0) is 16.0. The number of aromatic nitrogens is 1. The first-order chi connectivity index (χ1) is 11.2. The summed E-state index contributed by atoms with van der Waals surface area (Å²) in [4.78, 5) is 45.5. The smallest absolute Gasteiger partial charge is 0.329 e. The van der Waals surface area contributed by atoms with Crippen molar-refractivity contribution in [3.63, 3.8) is 0 Å². The van der Waals surface area contributed by atoms with E-state index in [1.807, 2.05) is 12.1 Å². The van der Waals surface area contributed by atoms with Gasteiger partial charge in [-0.2, -0.15) is 0 Å². The van der Waals surface area contributed by atoms with Gasteiger partial charge in [0.25, 0.3) is 11.8 Å². The fourth-order valence-corrected chi connectivity index (χ4v) is 2.84. The molecule has 0 radical (unpaired) electrons. The van der Waals surface area contributed by atoms with Crippen LogP contribution in [-0.4, -0.2) is 27.8 Å². The molecule has 1 saturated carbocycles. The molecule has 4 rings (SSSR count). The summed E-state index contributed by atoms with van der Waals surface area (Å²) in [6, 6.07) is 10.1. The third-order valence-electron chi connectivity index (χ3n) is 4.17. The molecule has 1 aromatic heterocycles. The van der Waals surface area contributed by atoms with Crippen LogP contribution >= 0.6 is 0 Å². The van der Waals surface area contributed by atoms with Crippen LogP contribution in [0.4, 0.5) is 0 Å². The standard InChI is InChI=1S/C17H12N2O4/c20-15-11-3-1-2-4-12(11)16(21)19(15)23-17(22)14-9-13(14)10-5-7-18-8-6-10/h1-8,13-14H,9H2/t13-,14+/m0/s1. The highest BCUT2D eigenvalue weighted by molar-refractivity contribution is 6.20. The van der Waals surface area contributed by atoms with Crippen molar-refractivity contribution in [1.82, 2.24) is 10.0 Å². The zero-order valence-electron chi connectivity index (χ0n) is 12.0. The number of benzene rings is 1. The summed E-state index contributed by atoms with van der Waals surface area (Å²) in [5.41, 5.74) is 1.52. The van der Waals surface area contributed by atoms with E-state index in [-0.39, 0.29) is 23.0 Å². The highest BCUT2D eigenvalue weighted by Gasteiger charge is 2.48. The van der Waals surface area contributed by atoms with E-state index in [2.05, 4.69) is 4.98 Å². The number of imide groups is 1. The summed E-state index contributed by atoms with van der Waals surface area (Å²) < 4.78 is 0. The summed E-state index contributed by atoms with van der Waals surface area (Å²) in [7, 11) is 0. The second kappa shape index (κ2) is 5.01. The largest absolute Gasteiger partial charge is 0.336 e. The van der Waals surface area contributed by atoms with Gasteiger partial charge in [-0.3, -0.25) is 14.6 Å². The quantitative estimate of drug-likeness (QED) is 0.810. The van der Waals surface area contributed by atoms with Gasteiger partial charge in [0.05, 0.1) is 17.0 Å². The van der Waals surface area contributed by atoms with Gasteiger partial charge in [-0.05, 0) is 42.2 Å². The van der Waals surface area contributed by atoms with E-state index in [0.717, 1.165) is 5.56 Å². The van der Waals surface area contributed by atoms with E-state index < -0.39 is 17.8 Å². The lowest BCUT2D eigenvalue weighted by atomic mass is 10.1. The Hall–Kier alpha value is -3.02. The van der Waals surface area contributed by atoms with Crippen molar-refractivity contribution in [3.05, 3.63) is 65.5 Å². The molecule has 0 unspecified atom stereocenters. The minimum absolute atomic E-state index is 0.0562. The Morgan fingerprint density at radius 3 is 2.26 bits per heavy atom. The third kappa shape index (κ3) is 2.19. The van der Waals surface area contributed by atoms with Crippen molar-refractivity contribution in [1.29, 1.82) is 0 Å². The maximum atomic E-state index is 12.2. The highest BCUT2D eigenvalue weighted by atomic mass is 16.7. The summed E-state index contributed by atoms with van der Waals surface area (Å²) in [5.74, 6) is -2.02. The summed E-state index contributed by atoms with van der Waals surface area (Å²) >= 11 is 0. The number of carbonyl (C=O) groups is 3. The van der Waals surface area contributed by atoms with Gasteiger partial charge in [-0.1, -0.05) is 17.2 Å². The van der Waals surface area contributed by atoms with E-state index in [1.165, 1.54) is 0 Å². The molecule has 6 nitrogen and oxygen atoms in total. The van der Waals surface area contributed by atoms with Gasteiger partial charge in [0.1, 0.15) is 0 Å². The fourth-order valence-electron chi connectivity index (χ4n) is 2.84. The minimum Gasteiger partial charge on any atom is -0.329 e. The van der Waals surface area contributed by atoms with Crippen LogP contribution in [0.15, 0.2) is 48.8 Å². The van der Waals surface area contributed by atoms with Crippen molar-refractivity contribution in [2.45, 2.75) is 12.3 Å². The summed E-state index contributed by atoms with van der Waals surface area (Å²) in [5, 5.41) is 0.564. The number of hydrogen-bond acceptors (Lipinski definition) is 5. The van der Waals surface area contributed by atoms with E-state index in [4.69, 9.17) is 4.84 Å². The molecule has 2 heterocycles. The third-order valence-corrected chi connectivity index (χ3v) is 4.17. The van der Waals surface area contributed by atoms with Crippen LogP contribution in [0, 0.1) is 5.92 Å². The van der Waals surface area contributed by atoms with Crippen LogP contribution < -0.4 is 0 Å². The number of hydroxylamine groups is 2. The number of hydrogen-bond donors (Lipinski definition) is 0. The second-order valence-corrected chi connectivity index (χ2v) is 5.59. The second-order valence-electron chi connectivity index (χ2n) is 5.59. The topological polar surface area (TPSA) is 76.6 Å². The lowest BCUT2D eigenvalue weighted by Gasteiger charge is -2.12. The van der Waals surface area contributed by atoms with Gasteiger partial charge in [0, 0.05) is 12.4 Å². The summed E-state index contributed by atoms with van der Waals surface area (Å²) in [6.45, 7) is 0. The molecule has 1 aromatic carbocycles. The van der Waals surface area contributed by atoms with Gasteiger partial charge in [-0.15, -0.1) is 0 Å². The first kappa shape index (κ1) is 13.6. The number of carbonyl (C=O) groups excluding carboxylic acids is 3. The number of nitrogens with zero attached hydrogens (tertiary/aromatic N) is 2. The van der Waals surface area contributed by atoms with Gasteiger partial charge in [0.15, 0.2) is 0 Å². The Balaban J connectivity index is 1.47. The molecule has 0 saturated heterocycles. The normalized spacial score (nSPS) is 22.0. The first-order valence-corrected chi connectivity index (χ1v) is 7.26. The Bertz CT molecular complexity index is 783. The Kier molecular flexibility index (Phi) is 2.97. The number of pyridine rings is 1. The molecule has 114 valence electrons. The molecular weight excluding hydrogens is 296 g/mol. The predicted octanol–water partition coefficient (Wildman–Crippen LogP) is 1.94. The summed E-state index contributed by atoms with van der Waals surface area (Å²) in [6.07, 6.45) is 3.98. The van der Waals surface area contributed by atoms with Crippen LogP contribution in [-0.2, 0) is 9.63 Å². The minimum atomic E-state index is -0.597. The highest BCUT2D eigenvalue weighted by Crippen LogP contribution is 2.48. The van der Waals surface area contributed by atoms with E-state index in [0.29, 0.717) is 11.5 Å². The molecular formula is C17H12N2O4. The lowest BCUT2D eigenvalue weighted by molar-refractivity contribution is -0.170. The molecule has 1 fully saturated rings. The molecule has 1 aliphatic carbocycles. The van der Waals surface area contributed by atoms with Crippen molar-refractivity contribution < 1.29 is 19.2 Å². The van der Waals surface area contributed by atoms with Crippen LogP contribution in [0.5, 0.6) is 0 Å². The van der Waals surface area contributed by atoms with Crippen molar-refractivity contribution in [2.24, 2.45) is 5.92 Å². The van der Waals surface area contributed by atoms with E-state index in [1.54, 1.807) is 36.7 Å². The maximum Gasteiger partial charge on any atom is 0.336 e. The number of amides is 2. The van der Waals surface area contributed by atoms with Gasteiger partial charge < -0.3 is 4.84 Å². The molecule has 0 bridgehead atoms. The Morgan fingerprint density at radius 1 is 1.04 bits per heavy atom. The fraction of sp³-hybridized carbons (Fsp3) is 0.176. The molecule has 0 spiro atoms. The number of rotatable bonds is 3. The molecule has 2 atom stereocenters. The maximum absolute atomic E-state index is 12.2. The van der Waals surface area contributed by atoms with Gasteiger partial charge in [-0.25, -0.2) is 4.79 Å². The molecule has 2 aliphatic rings. The van der Waals surface area contributed by atoms with Crippen LogP contribution in [0.25, 0.3) is 0 Å². The van der Waals surface area contributed by atoms with Crippen molar-refractivity contribution in [3.8, 4) is 0 Å². The van der Waals surface area contributed by atoms with Crippen molar-refractivity contribution >= 4 is 17.8 Å². The SMILES string of the molecule is O=C(ON1C(=O)c2ccccc2C1=O)[C@@H]1C[C@H]1c1ccncc1. The monoisotopic (exact) mass is 308 g/mol. The molecule has 2 amide bonds. The van der Waals surface area contributed by atoms with Crippen LogP contribution in [0.3, 0.4) is 0 Å². The molecule has 6 heteroatoms. The van der Waals surface area contributed by atoms with E-state index >= 15 is 0 Å². The molecule has 2 aromatic rings. The first-order valence-electron chi connectivity index (χ1n) is 7.26.